The zero-order valence-corrected chi connectivity index (χ0v) is 14.0. The molecule has 0 aliphatic carbocycles. The van der Waals surface area contributed by atoms with Crippen molar-refractivity contribution in [3.05, 3.63) is 75.3 Å². The van der Waals surface area contributed by atoms with Gasteiger partial charge in [-0.05, 0) is 31.6 Å². The number of piperidine rings is 1. The summed E-state index contributed by atoms with van der Waals surface area (Å²) in [6.45, 7) is 3.14. The lowest BCUT2D eigenvalue weighted by atomic mass is 9.84. The molecule has 0 amide bonds. The fraction of sp³-hybridized carbons (Fsp3) is 0.316. The molecule has 0 unspecified atom stereocenters. The first-order chi connectivity index (χ1) is 12.0. The molecule has 1 saturated heterocycles. The van der Waals surface area contributed by atoms with Crippen molar-refractivity contribution in [2.24, 2.45) is 0 Å². The molecule has 0 aromatic heterocycles. The molecule has 3 rings (SSSR count). The van der Waals surface area contributed by atoms with Crippen LogP contribution in [0.2, 0.25) is 0 Å². The van der Waals surface area contributed by atoms with Crippen molar-refractivity contribution >= 4 is 11.7 Å². The predicted octanol–water partition coefficient (Wildman–Crippen LogP) is 3.34. The van der Waals surface area contributed by atoms with Gasteiger partial charge in [-0.2, -0.15) is 0 Å². The molecule has 0 atom stereocenters. The van der Waals surface area contributed by atoms with Crippen molar-refractivity contribution in [2.75, 3.05) is 13.1 Å². The summed E-state index contributed by atoms with van der Waals surface area (Å²) in [5, 5.41) is 14.4. The molecule has 130 valence electrons. The van der Waals surface area contributed by atoms with E-state index in [1.165, 1.54) is 6.07 Å². The Balaban J connectivity index is 1.91. The molecule has 25 heavy (non-hydrogen) atoms. The second-order valence-electron chi connectivity index (χ2n) is 6.26. The summed E-state index contributed by atoms with van der Waals surface area (Å²) < 4.78 is 5.92. The van der Waals surface area contributed by atoms with Crippen LogP contribution in [-0.2, 0) is 10.3 Å². The quantitative estimate of drug-likeness (QED) is 0.524. The van der Waals surface area contributed by atoms with Crippen LogP contribution in [-0.4, -0.2) is 24.0 Å². The maximum Gasteiger partial charge on any atom is 0.339 e. The maximum atomic E-state index is 12.7. The summed E-state index contributed by atoms with van der Waals surface area (Å²) in [7, 11) is 0. The number of carbonyl (C=O) groups excluding carboxylic acids is 1. The van der Waals surface area contributed by atoms with Crippen molar-refractivity contribution in [3.63, 3.8) is 0 Å². The van der Waals surface area contributed by atoms with Gasteiger partial charge in [-0.15, -0.1) is 0 Å². The number of hydrogen-bond acceptors (Lipinski definition) is 5. The fourth-order valence-electron chi connectivity index (χ4n) is 3.19. The lowest BCUT2D eigenvalue weighted by Crippen LogP contribution is -2.43. The highest BCUT2D eigenvalue weighted by molar-refractivity contribution is 5.90. The molecule has 1 fully saturated rings. The maximum absolute atomic E-state index is 12.7. The number of nitro groups is 1. The Bertz CT molecular complexity index is 783. The van der Waals surface area contributed by atoms with Crippen LogP contribution < -0.4 is 5.32 Å². The van der Waals surface area contributed by atoms with Gasteiger partial charge in [0.2, 0.25) is 0 Å². The lowest BCUT2D eigenvalue weighted by Gasteiger charge is -2.37. The molecule has 1 heterocycles. The van der Waals surface area contributed by atoms with E-state index in [0.29, 0.717) is 18.4 Å². The number of benzene rings is 2. The van der Waals surface area contributed by atoms with Crippen LogP contribution in [0.25, 0.3) is 0 Å². The van der Waals surface area contributed by atoms with Crippen LogP contribution in [0.15, 0.2) is 48.5 Å². The first kappa shape index (κ1) is 17.1. The molecule has 6 nitrogen and oxygen atoms in total. The molecule has 1 aliphatic heterocycles. The van der Waals surface area contributed by atoms with Gasteiger partial charge in [0.1, 0.15) is 5.60 Å². The van der Waals surface area contributed by atoms with Crippen molar-refractivity contribution in [1.29, 1.82) is 0 Å². The SMILES string of the molecule is Cc1ccc(C(=O)OC2(c3ccccc3)CCNCC2)cc1[N+](=O)[O-]. The third-order valence-corrected chi connectivity index (χ3v) is 4.64. The largest absolute Gasteiger partial charge is 0.450 e. The van der Waals surface area contributed by atoms with E-state index in [1.54, 1.807) is 19.1 Å². The Hall–Kier alpha value is -2.73. The lowest BCUT2D eigenvalue weighted by molar-refractivity contribution is -0.385. The summed E-state index contributed by atoms with van der Waals surface area (Å²) in [5.41, 5.74) is 0.885. The first-order valence-corrected chi connectivity index (χ1v) is 8.26. The standard InChI is InChI=1S/C19H20N2O4/c1-14-7-8-15(13-17(14)21(23)24)18(22)25-19(9-11-20-12-10-19)16-5-3-2-4-6-16/h2-8,13,20H,9-12H2,1H3. The molecular weight excluding hydrogens is 320 g/mol. The topological polar surface area (TPSA) is 81.5 Å². The Morgan fingerprint density at radius 3 is 2.48 bits per heavy atom. The third-order valence-electron chi connectivity index (χ3n) is 4.64. The predicted molar refractivity (Wildman–Crippen MR) is 93.5 cm³/mol. The van der Waals surface area contributed by atoms with Gasteiger partial charge in [-0.1, -0.05) is 36.4 Å². The molecule has 1 N–H and O–H groups in total. The summed E-state index contributed by atoms with van der Waals surface area (Å²) in [6.07, 6.45) is 1.33. The highest BCUT2D eigenvalue weighted by Crippen LogP contribution is 2.36. The van der Waals surface area contributed by atoms with E-state index in [9.17, 15) is 14.9 Å². The first-order valence-electron chi connectivity index (χ1n) is 8.26. The van der Waals surface area contributed by atoms with E-state index in [0.717, 1.165) is 18.7 Å². The molecule has 0 radical (unpaired) electrons. The number of esters is 1. The van der Waals surface area contributed by atoms with Gasteiger partial charge < -0.3 is 10.1 Å². The monoisotopic (exact) mass is 340 g/mol. The number of aryl methyl sites for hydroxylation is 1. The van der Waals surface area contributed by atoms with Crippen LogP contribution in [0.1, 0.15) is 34.3 Å². The van der Waals surface area contributed by atoms with Gasteiger partial charge in [0.25, 0.3) is 5.69 Å². The van der Waals surface area contributed by atoms with Gasteiger partial charge in [0.05, 0.1) is 10.5 Å². The molecule has 0 saturated carbocycles. The second kappa shape index (κ2) is 7.03. The minimum absolute atomic E-state index is 0.0754. The number of hydrogen-bond donors (Lipinski definition) is 1. The summed E-state index contributed by atoms with van der Waals surface area (Å²) in [6, 6.07) is 14.1. The molecule has 6 heteroatoms. The Morgan fingerprint density at radius 1 is 1.16 bits per heavy atom. The number of ether oxygens (including phenoxy) is 1. The number of nitrogens with one attached hydrogen (secondary N) is 1. The van der Waals surface area contributed by atoms with Crippen LogP contribution in [0.3, 0.4) is 0 Å². The summed E-state index contributed by atoms with van der Waals surface area (Å²) >= 11 is 0. The van der Waals surface area contributed by atoms with E-state index in [-0.39, 0.29) is 11.3 Å². The van der Waals surface area contributed by atoms with Gasteiger partial charge in [0, 0.05) is 24.5 Å². The van der Waals surface area contributed by atoms with Crippen LogP contribution in [0.5, 0.6) is 0 Å². The number of carbonyl (C=O) groups is 1. The van der Waals surface area contributed by atoms with E-state index in [1.807, 2.05) is 30.3 Å². The smallest absolute Gasteiger partial charge is 0.339 e. The summed E-state index contributed by atoms with van der Waals surface area (Å²) in [5.74, 6) is -0.533. The minimum Gasteiger partial charge on any atom is -0.450 e. The van der Waals surface area contributed by atoms with Crippen LogP contribution in [0.4, 0.5) is 5.69 Å². The average Bonchev–Trinajstić information content (AvgIpc) is 2.63. The van der Waals surface area contributed by atoms with Crippen LogP contribution in [0, 0.1) is 17.0 Å². The van der Waals surface area contributed by atoms with Gasteiger partial charge in [-0.3, -0.25) is 10.1 Å². The normalized spacial score (nSPS) is 16.2. The molecule has 2 aromatic carbocycles. The average molecular weight is 340 g/mol. The zero-order chi connectivity index (χ0) is 17.9. The van der Waals surface area contributed by atoms with E-state index < -0.39 is 16.5 Å². The van der Waals surface area contributed by atoms with E-state index in [2.05, 4.69) is 5.32 Å². The molecular formula is C19H20N2O4. The van der Waals surface area contributed by atoms with Crippen molar-refractivity contribution in [2.45, 2.75) is 25.4 Å². The van der Waals surface area contributed by atoms with Crippen molar-refractivity contribution in [3.8, 4) is 0 Å². The van der Waals surface area contributed by atoms with Gasteiger partial charge in [-0.25, -0.2) is 4.79 Å². The number of nitrogens with zero attached hydrogens (tertiary/aromatic N) is 1. The summed E-state index contributed by atoms with van der Waals surface area (Å²) in [4.78, 5) is 23.3. The molecule has 2 aromatic rings. The third kappa shape index (κ3) is 3.53. The van der Waals surface area contributed by atoms with E-state index >= 15 is 0 Å². The fourth-order valence-corrected chi connectivity index (χ4v) is 3.19. The van der Waals surface area contributed by atoms with E-state index in [4.69, 9.17) is 4.74 Å². The van der Waals surface area contributed by atoms with Gasteiger partial charge in [0.15, 0.2) is 0 Å². The van der Waals surface area contributed by atoms with Crippen LogP contribution >= 0.6 is 0 Å². The van der Waals surface area contributed by atoms with Crippen molar-refractivity contribution < 1.29 is 14.5 Å². The second-order valence-corrected chi connectivity index (χ2v) is 6.26. The Labute approximate surface area is 146 Å². The minimum atomic E-state index is -0.705. The highest BCUT2D eigenvalue weighted by Gasteiger charge is 2.38. The molecule has 1 aliphatic rings. The molecule has 0 bridgehead atoms. The van der Waals surface area contributed by atoms with Crippen molar-refractivity contribution in [1.82, 2.24) is 5.32 Å². The number of nitro benzene ring substituents is 1. The molecule has 0 spiro atoms. The van der Waals surface area contributed by atoms with Gasteiger partial charge >= 0.3 is 5.97 Å². The Morgan fingerprint density at radius 2 is 1.84 bits per heavy atom. The highest BCUT2D eigenvalue weighted by atomic mass is 16.6. The number of rotatable bonds is 4. The zero-order valence-electron chi connectivity index (χ0n) is 14.0. The Kier molecular flexibility index (Phi) is 4.81.